The van der Waals surface area contributed by atoms with E-state index in [4.69, 9.17) is 11.6 Å². The van der Waals surface area contributed by atoms with E-state index in [-0.39, 0.29) is 5.56 Å². The van der Waals surface area contributed by atoms with E-state index < -0.39 is 0 Å². The molecule has 2 heterocycles. The second-order valence-corrected chi connectivity index (χ2v) is 6.84. The van der Waals surface area contributed by atoms with Crippen molar-refractivity contribution in [3.05, 3.63) is 63.4 Å². The number of pyridine rings is 1. The summed E-state index contributed by atoms with van der Waals surface area (Å²) in [6, 6.07) is 14.2. The van der Waals surface area contributed by atoms with E-state index in [9.17, 15) is 4.79 Å². The summed E-state index contributed by atoms with van der Waals surface area (Å²) in [5, 5.41) is 3.83. The van der Waals surface area contributed by atoms with E-state index in [2.05, 4.69) is 19.1 Å². The van der Waals surface area contributed by atoms with Crippen LogP contribution in [0.25, 0.3) is 27.2 Å². The summed E-state index contributed by atoms with van der Waals surface area (Å²) in [6.45, 7) is 2.19. The number of unbranched alkanes of at least 4 members (excludes halogenated alkanes) is 3. The fourth-order valence-corrected chi connectivity index (χ4v) is 4.07. The van der Waals surface area contributed by atoms with Crippen molar-refractivity contribution >= 4 is 38.8 Å². The van der Waals surface area contributed by atoms with Crippen molar-refractivity contribution in [2.24, 2.45) is 0 Å². The van der Waals surface area contributed by atoms with Gasteiger partial charge in [-0.25, -0.2) is 0 Å². The van der Waals surface area contributed by atoms with E-state index in [0.29, 0.717) is 5.02 Å². The highest BCUT2D eigenvalue weighted by Crippen LogP contribution is 2.35. The average Bonchev–Trinajstić information content (AvgIpc) is 2.95. The van der Waals surface area contributed by atoms with Crippen LogP contribution in [-0.4, -0.2) is 4.40 Å². The quantitative estimate of drug-likeness (QED) is 0.420. The highest BCUT2D eigenvalue weighted by molar-refractivity contribution is 6.37. The maximum absolute atomic E-state index is 13.2. The molecule has 0 bridgehead atoms. The maximum Gasteiger partial charge on any atom is 0.260 e. The molecule has 2 aromatic carbocycles. The Morgan fingerprint density at radius 3 is 2.50 bits per heavy atom. The van der Waals surface area contributed by atoms with Gasteiger partial charge in [-0.15, -0.1) is 0 Å². The Morgan fingerprint density at radius 2 is 1.67 bits per heavy atom. The zero-order valence-corrected chi connectivity index (χ0v) is 14.6. The fourth-order valence-electron chi connectivity index (χ4n) is 3.74. The summed E-state index contributed by atoms with van der Waals surface area (Å²) in [4.78, 5) is 13.2. The second-order valence-electron chi connectivity index (χ2n) is 6.46. The summed E-state index contributed by atoms with van der Waals surface area (Å²) < 4.78 is 1.86. The van der Waals surface area contributed by atoms with Crippen LogP contribution in [0.15, 0.2) is 47.3 Å². The van der Waals surface area contributed by atoms with Crippen LogP contribution in [0, 0.1) is 0 Å². The summed E-state index contributed by atoms with van der Waals surface area (Å²) in [5.74, 6) is 0. The molecule has 0 spiro atoms. The van der Waals surface area contributed by atoms with Crippen LogP contribution in [0.4, 0.5) is 0 Å². The van der Waals surface area contributed by atoms with Crippen molar-refractivity contribution in [2.45, 2.75) is 39.0 Å². The van der Waals surface area contributed by atoms with Gasteiger partial charge < -0.3 is 0 Å². The monoisotopic (exact) mass is 337 g/mol. The van der Waals surface area contributed by atoms with E-state index in [0.717, 1.165) is 52.0 Å². The van der Waals surface area contributed by atoms with Crippen molar-refractivity contribution in [1.82, 2.24) is 4.40 Å². The number of benzene rings is 2. The number of para-hydroxylation sites is 2. The van der Waals surface area contributed by atoms with Gasteiger partial charge in [-0.2, -0.15) is 0 Å². The first-order valence-electron chi connectivity index (χ1n) is 8.70. The Kier molecular flexibility index (Phi) is 3.93. The Bertz CT molecular complexity index is 1080. The Labute approximate surface area is 146 Å². The topological polar surface area (TPSA) is 21.5 Å². The van der Waals surface area contributed by atoms with Crippen LogP contribution in [0.3, 0.4) is 0 Å². The van der Waals surface area contributed by atoms with Gasteiger partial charge in [-0.1, -0.05) is 74.2 Å². The molecular weight excluding hydrogens is 318 g/mol. The molecule has 2 aromatic heterocycles. The van der Waals surface area contributed by atoms with Gasteiger partial charge in [-0.3, -0.25) is 9.20 Å². The molecule has 0 aliphatic rings. The third-order valence-electron chi connectivity index (χ3n) is 4.94. The number of fused-ring (bicyclic) bond motifs is 3. The smallest absolute Gasteiger partial charge is 0.260 e. The standard InChI is InChI=1S/C21H20ClNO/c1-2-3-4-5-10-17-19(22)16-12-8-11-15-14-9-6-7-13-18(14)23(20(15)16)21(17)24/h6-9,11-13H,2-5,10H2,1H3. The predicted molar refractivity (Wildman–Crippen MR) is 103 cm³/mol. The first-order chi connectivity index (χ1) is 11.7. The maximum atomic E-state index is 13.2. The van der Waals surface area contributed by atoms with Gasteiger partial charge in [0, 0.05) is 21.7 Å². The molecular formula is C21H20ClNO. The number of hydrogen-bond donors (Lipinski definition) is 0. The second kappa shape index (κ2) is 6.10. The molecule has 2 nitrogen and oxygen atoms in total. The first-order valence-corrected chi connectivity index (χ1v) is 9.07. The number of rotatable bonds is 5. The minimum atomic E-state index is 0.0430. The largest absolute Gasteiger partial charge is 0.275 e. The van der Waals surface area contributed by atoms with Crippen molar-refractivity contribution < 1.29 is 0 Å². The van der Waals surface area contributed by atoms with Gasteiger partial charge in [0.2, 0.25) is 0 Å². The van der Waals surface area contributed by atoms with Gasteiger partial charge in [0.15, 0.2) is 0 Å². The molecule has 0 aliphatic heterocycles. The van der Waals surface area contributed by atoms with E-state index >= 15 is 0 Å². The van der Waals surface area contributed by atoms with Crippen molar-refractivity contribution in [2.75, 3.05) is 0 Å². The lowest BCUT2D eigenvalue weighted by Crippen LogP contribution is -2.18. The molecule has 122 valence electrons. The van der Waals surface area contributed by atoms with Crippen LogP contribution >= 0.6 is 11.6 Å². The van der Waals surface area contributed by atoms with Crippen molar-refractivity contribution in [1.29, 1.82) is 0 Å². The fraction of sp³-hybridized carbons (Fsp3) is 0.286. The normalized spacial score (nSPS) is 11.9. The van der Waals surface area contributed by atoms with Gasteiger partial charge in [-0.05, 0) is 18.9 Å². The first kappa shape index (κ1) is 15.5. The van der Waals surface area contributed by atoms with Crippen LogP contribution in [0.2, 0.25) is 5.02 Å². The van der Waals surface area contributed by atoms with Gasteiger partial charge in [0.25, 0.3) is 5.56 Å². The van der Waals surface area contributed by atoms with Gasteiger partial charge in [0.05, 0.1) is 16.1 Å². The SMILES string of the molecule is CCCCCCc1c(Cl)c2cccc3c4ccccc4n(c1=O)c23. The van der Waals surface area contributed by atoms with Crippen LogP contribution in [0.5, 0.6) is 0 Å². The van der Waals surface area contributed by atoms with E-state index in [1.165, 1.54) is 12.8 Å². The number of aromatic nitrogens is 1. The van der Waals surface area contributed by atoms with Gasteiger partial charge >= 0.3 is 0 Å². The van der Waals surface area contributed by atoms with Crippen LogP contribution in [-0.2, 0) is 6.42 Å². The minimum Gasteiger partial charge on any atom is -0.275 e. The Balaban J connectivity index is 2.02. The van der Waals surface area contributed by atoms with Gasteiger partial charge in [0.1, 0.15) is 0 Å². The molecule has 0 N–H and O–H groups in total. The molecule has 0 atom stereocenters. The number of halogens is 1. The van der Waals surface area contributed by atoms with E-state index in [1.807, 2.05) is 34.7 Å². The summed E-state index contributed by atoms with van der Waals surface area (Å²) in [7, 11) is 0. The number of nitrogens with zero attached hydrogens (tertiary/aromatic N) is 1. The molecule has 0 amide bonds. The minimum absolute atomic E-state index is 0.0430. The summed E-state index contributed by atoms with van der Waals surface area (Å²) >= 11 is 6.66. The predicted octanol–water partition coefficient (Wildman–Crippen LogP) is 5.82. The third kappa shape index (κ3) is 2.21. The third-order valence-corrected chi connectivity index (χ3v) is 5.37. The molecule has 0 saturated carbocycles. The molecule has 0 unspecified atom stereocenters. The highest BCUT2D eigenvalue weighted by Gasteiger charge is 2.19. The Hall–Kier alpha value is -2.06. The molecule has 4 rings (SSSR count). The summed E-state index contributed by atoms with van der Waals surface area (Å²) in [6.07, 6.45) is 5.29. The molecule has 0 radical (unpaired) electrons. The highest BCUT2D eigenvalue weighted by atomic mass is 35.5. The van der Waals surface area contributed by atoms with Crippen molar-refractivity contribution in [3.63, 3.8) is 0 Å². The van der Waals surface area contributed by atoms with Crippen LogP contribution in [0.1, 0.15) is 38.2 Å². The average molecular weight is 338 g/mol. The zero-order valence-electron chi connectivity index (χ0n) is 13.8. The van der Waals surface area contributed by atoms with Crippen molar-refractivity contribution in [3.8, 4) is 0 Å². The lowest BCUT2D eigenvalue weighted by molar-refractivity contribution is 0.664. The Morgan fingerprint density at radius 1 is 0.917 bits per heavy atom. The lowest BCUT2D eigenvalue weighted by Gasteiger charge is -2.09. The zero-order chi connectivity index (χ0) is 16.7. The van der Waals surface area contributed by atoms with E-state index in [1.54, 1.807) is 0 Å². The lowest BCUT2D eigenvalue weighted by atomic mass is 10.0. The summed E-state index contributed by atoms with van der Waals surface area (Å²) in [5.41, 5.74) is 2.72. The van der Waals surface area contributed by atoms with Crippen LogP contribution < -0.4 is 5.56 Å². The molecule has 0 fully saturated rings. The molecule has 4 aromatic rings. The molecule has 24 heavy (non-hydrogen) atoms. The molecule has 0 aliphatic carbocycles. The molecule has 3 heteroatoms. The number of hydrogen-bond acceptors (Lipinski definition) is 1. The molecule has 0 saturated heterocycles.